The van der Waals surface area contributed by atoms with Gasteiger partial charge in [-0.2, -0.15) is 0 Å². The number of nitro groups is 1. The number of thioether (sulfide) groups is 1. The molecule has 1 aromatic carbocycles. The maximum atomic E-state index is 12.5. The zero-order chi connectivity index (χ0) is 23.1. The summed E-state index contributed by atoms with van der Waals surface area (Å²) in [5, 5.41) is 24.9. The Labute approximate surface area is 186 Å². The normalized spacial score (nSPS) is 11.5. The van der Waals surface area contributed by atoms with E-state index in [4.69, 9.17) is 5.41 Å². The number of carbonyl (C=O) groups is 2. The first-order chi connectivity index (χ1) is 14.8. The molecule has 31 heavy (non-hydrogen) atoms. The Hall–Kier alpha value is -2.82. The molecule has 2 amide bonds. The number of rotatable bonds is 14. The van der Waals surface area contributed by atoms with Crippen LogP contribution in [0.1, 0.15) is 38.7 Å². The number of hydrogen-bond acceptors (Lipinski definition) is 6. The van der Waals surface area contributed by atoms with Gasteiger partial charge in [-0.05, 0) is 30.7 Å². The van der Waals surface area contributed by atoms with Gasteiger partial charge in [0.15, 0.2) is 5.03 Å². The van der Waals surface area contributed by atoms with Crippen LogP contribution >= 0.6 is 11.8 Å². The summed E-state index contributed by atoms with van der Waals surface area (Å²) in [5.74, 6) is 0.346. The molecule has 0 aromatic heterocycles. The summed E-state index contributed by atoms with van der Waals surface area (Å²) in [7, 11) is 0. The van der Waals surface area contributed by atoms with Crippen molar-refractivity contribution in [1.82, 2.24) is 21.4 Å². The van der Waals surface area contributed by atoms with Crippen LogP contribution in [0.2, 0.25) is 0 Å². The number of nitrogens with zero attached hydrogens (tertiary/aromatic N) is 1. The van der Waals surface area contributed by atoms with E-state index in [1.54, 1.807) is 12.0 Å². The van der Waals surface area contributed by atoms with Crippen LogP contribution in [-0.2, 0) is 15.3 Å². The predicted octanol–water partition coefficient (Wildman–Crippen LogP) is 1.81. The van der Waals surface area contributed by atoms with Gasteiger partial charge < -0.3 is 16.0 Å². The van der Waals surface area contributed by atoms with E-state index in [1.807, 2.05) is 44.2 Å². The van der Waals surface area contributed by atoms with E-state index in [0.29, 0.717) is 30.9 Å². The molecule has 0 fully saturated rings. The maximum Gasteiger partial charge on any atom is 0.251 e. The SMILES string of the molecule is CC(C)C[CH]NC(=O)[C@H](CCCNC(=N)N[N+](=O)[O-])NC(=O)CSCc1ccccc1. The minimum Gasteiger partial charge on any atom is -0.352 e. The molecule has 1 rings (SSSR count). The van der Waals surface area contributed by atoms with Gasteiger partial charge in [0.25, 0.3) is 5.96 Å². The highest BCUT2D eigenvalue weighted by molar-refractivity contribution is 7.99. The molecule has 0 saturated heterocycles. The summed E-state index contributed by atoms with van der Waals surface area (Å²) < 4.78 is 0. The third-order valence-corrected chi connectivity index (χ3v) is 5.01. The largest absolute Gasteiger partial charge is 0.352 e. The van der Waals surface area contributed by atoms with Crippen molar-refractivity contribution in [2.24, 2.45) is 5.92 Å². The second-order valence-corrected chi connectivity index (χ2v) is 8.24. The van der Waals surface area contributed by atoms with E-state index in [-0.39, 0.29) is 24.1 Å². The first kappa shape index (κ1) is 26.2. The number of hydrazine groups is 1. The number of amides is 2. The zero-order valence-corrected chi connectivity index (χ0v) is 18.7. The number of benzene rings is 1. The highest BCUT2D eigenvalue weighted by Crippen LogP contribution is 2.11. The van der Waals surface area contributed by atoms with Crippen LogP contribution in [-0.4, -0.2) is 41.1 Å². The van der Waals surface area contributed by atoms with Gasteiger partial charge in [-0.15, -0.1) is 11.8 Å². The van der Waals surface area contributed by atoms with Gasteiger partial charge in [0.05, 0.1) is 5.75 Å². The maximum absolute atomic E-state index is 12.5. The molecular weight excluding hydrogens is 420 g/mol. The lowest BCUT2D eigenvalue weighted by molar-refractivity contribution is -0.525. The number of carbonyl (C=O) groups excluding carboxylic acids is 2. The molecule has 0 bridgehead atoms. The summed E-state index contributed by atoms with van der Waals surface area (Å²) in [5.41, 5.74) is 2.82. The number of nitrogens with one attached hydrogen (secondary N) is 5. The van der Waals surface area contributed by atoms with Crippen LogP contribution in [0.4, 0.5) is 0 Å². The molecule has 171 valence electrons. The minimum absolute atomic E-state index is 0.226. The number of hydrogen-bond donors (Lipinski definition) is 5. The Morgan fingerprint density at radius 2 is 1.97 bits per heavy atom. The molecule has 11 heteroatoms. The van der Waals surface area contributed by atoms with Crippen molar-refractivity contribution in [1.29, 1.82) is 5.41 Å². The van der Waals surface area contributed by atoms with E-state index in [2.05, 4.69) is 16.0 Å². The average molecular weight is 452 g/mol. The Bertz CT molecular complexity index is 717. The quantitative estimate of drug-likeness (QED) is 0.0952. The monoisotopic (exact) mass is 451 g/mol. The summed E-state index contributed by atoms with van der Waals surface area (Å²) in [6.45, 7) is 6.00. The molecule has 0 heterocycles. The van der Waals surface area contributed by atoms with Crippen molar-refractivity contribution in [2.45, 2.75) is 44.9 Å². The average Bonchev–Trinajstić information content (AvgIpc) is 2.70. The van der Waals surface area contributed by atoms with Crippen LogP contribution < -0.4 is 21.4 Å². The first-order valence-electron chi connectivity index (χ1n) is 10.0. The van der Waals surface area contributed by atoms with Crippen LogP contribution in [0.5, 0.6) is 0 Å². The fourth-order valence-corrected chi connectivity index (χ4v) is 3.29. The minimum atomic E-state index is -0.830. The zero-order valence-electron chi connectivity index (χ0n) is 17.8. The molecule has 5 N–H and O–H groups in total. The molecule has 1 atom stereocenters. The molecule has 0 spiro atoms. The van der Waals surface area contributed by atoms with E-state index in [0.717, 1.165) is 5.56 Å². The van der Waals surface area contributed by atoms with E-state index in [9.17, 15) is 19.7 Å². The highest BCUT2D eigenvalue weighted by atomic mass is 32.2. The lowest BCUT2D eigenvalue weighted by atomic mass is 10.1. The van der Waals surface area contributed by atoms with Crippen molar-refractivity contribution < 1.29 is 14.6 Å². The third kappa shape index (κ3) is 13.2. The summed E-state index contributed by atoms with van der Waals surface area (Å²) in [4.78, 5) is 35.1. The first-order valence-corrected chi connectivity index (χ1v) is 11.2. The van der Waals surface area contributed by atoms with E-state index in [1.165, 1.54) is 11.8 Å². The Kier molecular flexibility index (Phi) is 12.7. The van der Waals surface area contributed by atoms with E-state index >= 15 is 0 Å². The van der Waals surface area contributed by atoms with Gasteiger partial charge in [-0.25, -0.2) is 10.1 Å². The number of guanidine groups is 1. The molecule has 0 saturated carbocycles. The van der Waals surface area contributed by atoms with Crippen LogP contribution in [0.25, 0.3) is 0 Å². The molecular formula is C20H31N6O4S. The van der Waals surface area contributed by atoms with E-state index < -0.39 is 17.0 Å². The predicted molar refractivity (Wildman–Crippen MR) is 122 cm³/mol. The molecule has 0 aliphatic carbocycles. The highest BCUT2D eigenvalue weighted by Gasteiger charge is 2.20. The molecule has 0 aliphatic heterocycles. The second-order valence-electron chi connectivity index (χ2n) is 7.25. The van der Waals surface area contributed by atoms with Crippen LogP contribution in [0, 0.1) is 28.0 Å². The van der Waals surface area contributed by atoms with Gasteiger partial charge in [0.2, 0.25) is 11.8 Å². The van der Waals surface area contributed by atoms with Crippen LogP contribution in [0.3, 0.4) is 0 Å². The van der Waals surface area contributed by atoms with Crippen molar-refractivity contribution in [3.8, 4) is 0 Å². The fourth-order valence-electron chi connectivity index (χ4n) is 2.49. The standard InChI is InChI=1S/C20H31N6O4S/c1-15(2)10-12-22-19(28)17(9-6-11-23-20(21)25-26(29)30)24-18(27)14-31-13-16-7-4-3-5-8-16/h3-5,7-8,12,15,17H,6,9-11,13-14H2,1-2H3,(H,22,28)(H,24,27)(H3,21,23,25)/t17-/m0/s1. The van der Waals surface area contributed by atoms with Crippen molar-refractivity contribution in [3.05, 3.63) is 52.6 Å². The Balaban J connectivity index is 2.47. The fraction of sp³-hybridized carbons (Fsp3) is 0.500. The lowest BCUT2D eigenvalue weighted by Gasteiger charge is -2.19. The molecule has 10 nitrogen and oxygen atoms in total. The topological polar surface area (TPSA) is 149 Å². The molecule has 1 aromatic rings. The molecule has 0 aliphatic rings. The Morgan fingerprint density at radius 3 is 2.61 bits per heavy atom. The van der Waals surface area contributed by atoms with Gasteiger partial charge in [-0.3, -0.25) is 15.0 Å². The van der Waals surface area contributed by atoms with Gasteiger partial charge >= 0.3 is 0 Å². The van der Waals surface area contributed by atoms with Gasteiger partial charge in [0.1, 0.15) is 6.04 Å². The van der Waals surface area contributed by atoms with Crippen LogP contribution in [0.15, 0.2) is 30.3 Å². The summed E-state index contributed by atoms with van der Waals surface area (Å²) in [6, 6.07) is 9.07. The summed E-state index contributed by atoms with van der Waals surface area (Å²) in [6.07, 6.45) is 1.47. The van der Waals surface area contributed by atoms with Crippen molar-refractivity contribution in [3.63, 3.8) is 0 Å². The van der Waals surface area contributed by atoms with Crippen molar-refractivity contribution >= 4 is 29.5 Å². The van der Waals surface area contributed by atoms with Gasteiger partial charge in [-0.1, -0.05) is 49.6 Å². The third-order valence-electron chi connectivity index (χ3n) is 4.00. The smallest absolute Gasteiger partial charge is 0.251 e. The van der Waals surface area contributed by atoms with Crippen molar-refractivity contribution in [2.75, 3.05) is 12.3 Å². The molecule has 0 unspecified atom stereocenters. The summed E-state index contributed by atoms with van der Waals surface area (Å²) >= 11 is 1.46. The van der Waals surface area contributed by atoms with Gasteiger partial charge in [0, 0.05) is 18.8 Å². The Morgan fingerprint density at radius 1 is 1.26 bits per heavy atom. The second kappa shape index (κ2) is 15.1. The lowest BCUT2D eigenvalue weighted by Crippen LogP contribution is -2.47. The molecule has 1 radical (unpaired) electrons.